The lowest BCUT2D eigenvalue weighted by atomic mass is 10.0. The lowest BCUT2D eigenvalue weighted by Gasteiger charge is -2.13. The molecule has 3 aromatic carbocycles. The van der Waals surface area contributed by atoms with Crippen molar-refractivity contribution in [2.45, 2.75) is 27.3 Å². The molecule has 2 aromatic heterocycles. The Balaban J connectivity index is 1.52. The van der Waals surface area contributed by atoms with Gasteiger partial charge in [0.15, 0.2) is 0 Å². The first kappa shape index (κ1) is 24.6. The van der Waals surface area contributed by atoms with Crippen LogP contribution in [-0.4, -0.2) is 25.6 Å². The molecule has 0 fully saturated rings. The van der Waals surface area contributed by atoms with Gasteiger partial charge in [0, 0.05) is 35.8 Å². The highest BCUT2D eigenvalue weighted by Gasteiger charge is 2.18. The molecule has 0 saturated heterocycles. The number of nitrogens with one attached hydrogen (secondary N) is 1. The molecule has 0 saturated carbocycles. The van der Waals surface area contributed by atoms with Crippen molar-refractivity contribution < 1.29 is 14.5 Å². The summed E-state index contributed by atoms with van der Waals surface area (Å²) in [6, 6.07) is 19.0. The topological polar surface area (TPSA) is 112 Å². The van der Waals surface area contributed by atoms with Gasteiger partial charge >= 0.3 is 0 Å². The number of ether oxygens (including phenoxy) is 1. The maximum Gasteiger partial charge on any atom is 0.275 e. The van der Waals surface area contributed by atoms with Crippen molar-refractivity contribution in [3.63, 3.8) is 0 Å². The molecule has 0 radical (unpaired) electrons. The zero-order valence-electron chi connectivity index (χ0n) is 21.1. The second kappa shape index (κ2) is 10.1. The van der Waals surface area contributed by atoms with Gasteiger partial charge in [-0.15, -0.1) is 0 Å². The summed E-state index contributed by atoms with van der Waals surface area (Å²) in [6.07, 6.45) is 3.58. The smallest absolute Gasteiger partial charge is 0.275 e. The standard InChI is InChI=1S/C29H25N5O4/c1-4-33-17-20(16-30-33)27-15-25(24-7-5-6-8-26(24)32-27)29(35)31-21-12-22(34(36)37)14-23(13-21)38-28-11-18(2)9-10-19(28)3/h5-17H,4H2,1-3H3,(H,31,35). The Bertz CT molecular complexity index is 1690. The number of hydrogen-bond donors (Lipinski definition) is 1. The quantitative estimate of drug-likeness (QED) is 0.194. The van der Waals surface area contributed by atoms with E-state index in [1.165, 1.54) is 12.1 Å². The van der Waals surface area contributed by atoms with Crippen LogP contribution in [0.3, 0.4) is 0 Å². The summed E-state index contributed by atoms with van der Waals surface area (Å²) in [7, 11) is 0. The van der Waals surface area contributed by atoms with Gasteiger partial charge in [-0.1, -0.05) is 30.3 Å². The molecular weight excluding hydrogens is 482 g/mol. The number of anilines is 1. The molecule has 1 amide bonds. The number of para-hydroxylation sites is 1. The molecule has 0 unspecified atom stereocenters. The number of carbonyl (C=O) groups is 1. The van der Waals surface area contributed by atoms with Crippen LogP contribution < -0.4 is 10.1 Å². The maximum absolute atomic E-state index is 13.6. The van der Waals surface area contributed by atoms with E-state index in [-0.39, 0.29) is 17.1 Å². The van der Waals surface area contributed by atoms with Crippen molar-refractivity contribution in [3.8, 4) is 22.8 Å². The Labute approximate surface area is 218 Å². The van der Waals surface area contributed by atoms with E-state index in [4.69, 9.17) is 9.72 Å². The fourth-order valence-electron chi connectivity index (χ4n) is 4.14. The normalized spacial score (nSPS) is 10.9. The summed E-state index contributed by atoms with van der Waals surface area (Å²) in [5, 5.41) is 19.5. The Kier molecular flexibility index (Phi) is 6.57. The van der Waals surface area contributed by atoms with Crippen molar-refractivity contribution in [2.24, 2.45) is 0 Å². The van der Waals surface area contributed by atoms with Gasteiger partial charge in [-0.05, 0) is 50.1 Å². The number of nitro groups is 1. The molecule has 0 aliphatic heterocycles. The fourth-order valence-corrected chi connectivity index (χ4v) is 4.14. The highest BCUT2D eigenvalue weighted by Crippen LogP contribution is 2.32. The molecule has 9 nitrogen and oxygen atoms in total. The summed E-state index contributed by atoms with van der Waals surface area (Å²) in [5.74, 6) is 0.404. The second-order valence-electron chi connectivity index (χ2n) is 8.95. The summed E-state index contributed by atoms with van der Waals surface area (Å²) in [6.45, 7) is 6.53. The van der Waals surface area contributed by atoms with Crippen LogP contribution in [-0.2, 0) is 6.54 Å². The van der Waals surface area contributed by atoms with Crippen LogP contribution >= 0.6 is 0 Å². The predicted molar refractivity (Wildman–Crippen MR) is 146 cm³/mol. The van der Waals surface area contributed by atoms with Crippen molar-refractivity contribution in [1.82, 2.24) is 14.8 Å². The molecule has 9 heteroatoms. The number of aryl methyl sites for hydroxylation is 3. The van der Waals surface area contributed by atoms with E-state index in [1.807, 2.05) is 69.4 Å². The number of aromatic nitrogens is 3. The first-order valence-corrected chi connectivity index (χ1v) is 12.1. The third kappa shape index (κ3) is 5.08. The minimum Gasteiger partial charge on any atom is -0.457 e. The van der Waals surface area contributed by atoms with Crippen molar-refractivity contribution in [1.29, 1.82) is 0 Å². The molecule has 190 valence electrons. The van der Waals surface area contributed by atoms with Crippen LogP contribution in [0.15, 0.2) is 79.1 Å². The first-order valence-electron chi connectivity index (χ1n) is 12.1. The van der Waals surface area contributed by atoms with Crippen LogP contribution in [0.1, 0.15) is 28.4 Å². The molecule has 5 rings (SSSR count). The molecule has 0 aliphatic carbocycles. The van der Waals surface area contributed by atoms with Gasteiger partial charge in [-0.25, -0.2) is 4.98 Å². The lowest BCUT2D eigenvalue weighted by molar-refractivity contribution is -0.384. The molecule has 38 heavy (non-hydrogen) atoms. The van der Waals surface area contributed by atoms with Gasteiger partial charge < -0.3 is 10.1 Å². The molecule has 0 aliphatic rings. The average molecular weight is 508 g/mol. The third-order valence-corrected chi connectivity index (χ3v) is 6.15. The maximum atomic E-state index is 13.6. The number of benzene rings is 3. The van der Waals surface area contributed by atoms with Crippen LogP contribution in [0.4, 0.5) is 11.4 Å². The van der Waals surface area contributed by atoms with Crippen LogP contribution in [0.2, 0.25) is 0 Å². The number of pyridine rings is 1. The van der Waals surface area contributed by atoms with E-state index in [9.17, 15) is 14.9 Å². The van der Waals surface area contributed by atoms with Gasteiger partial charge in [-0.3, -0.25) is 19.6 Å². The van der Waals surface area contributed by atoms with Crippen molar-refractivity contribution in [3.05, 3.63) is 106 Å². The van der Waals surface area contributed by atoms with Gasteiger partial charge in [0.2, 0.25) is 0 Å². The van der Waals surface area contributed by atoms with E-state index >= 15 is 0 Å². The number of hydrogen-bond acceptors (Lipinski definition) is 6. The SMILES string of the molecule is CCn1cc(-c2cc(C(=O)Nc3cc(Oc4cc(C)ccc4C)cc([N+](=O)[O-])c3)c3ccccc3n2)cn1. The zero-order chi connectivity index (χ0) is 26.8. The van der Waals surface area contributed by atoms with Crippen molar-refractivity contribution >= 4 is 28.2 Å². The number of rotatable bonds is 7. The molecule has 5 aromatic rings. The first-order chi connectivity index (χ1) is 18.3. The van der Waals surface area contributed by atoms with Gasteiger partial charge in [0.05, 0.1) is 39.6 Å². The minimum absolute atomic E-state index is 0.199. The number of nitro benzene ring substituents is 1. The second-order valence-corrected chi connectivity index (χ2v) is 8.95. The van der Waals surface area contributed by atoms with E-state index in [2.05, 4.69) is 10.4 Å². The summed E-state index contributed by atoms with van der Waals surface area (Å²) >= 11 is 0. The fraction of sp³-hybridized carbons (Fsp3) is 0.138. The number of non-ortho nitro benzene ring substituents is 1. The van der Waals surface area contributed by atoms with Gasteiger partial charge in [-0.2, -0.15) is 5.10 Å². The monoisotopic (exact) mass is 507 g/mol. The van der Waals surface area contributed by atoms with E-state index in [0.717, 1.165) is 16.7 Å². The molecule has 0 spiro atoms. The highest BCUT2D eigenvalue weighted by atomic mass is 16.6. The summed E-state index contributed by atoms with van der Waals surface area (Å²) in [5.41, 5.74) is 4.35. The van der Waals surface area contributed by atoms with Crippen molar-refractivity contribution in [2.75, 3.05) is 5.32 Å². The summed E-state index contributed by atoms with van der Waals surface area (Å²) < 4.78 is 7.78. The van der Waals surface area contributed by atoms with Gasteiger partial charge in [0.25, 0.3) is 11.6 Å². The number of carbonyl (C=O) groups excluding carboxylic acids is 1. The molecule has 1 N–H and O–H groups in total. The number of nitrogens with zero attached hydrogens (tertiary/aromatic N) is 4. The number of fused-ring (bicyclic) bond motifs is 1. The van der Waals surface area contributed by atoms with E-state index in [1.54, 1.807) is 23.0 Å². The minimum atomic E-state index is -0.517. The predicted octanol–water partition coefficient (Wildman–Crippen LogP) is 6.69. The molecule has 0 bridgehead atoms. The van der Waals surface area contributed by atoms with Crippen LogP contribution in [0, 0.1) is 24.0 Å². The largest absolute Gasteiger partial charge is 0.457 e. The Morgan fingerprint density at radius 1 is 1.08 bits per heavy atom. The Hall–Kier alpha value is -5.05. The molecule has 2 heterocycles. The highest BCUT2D eigenvalue weighted by molar-refractivity contribution is 6.13. The summed E-state index contributed by atoms with van der Waals surface area (Å²) in [4.78, 5) is 29.4. The Morgan fingerprint density at radius 3 is 2.66 bits per heavy atom. The Morgan fingerprint density at radius 2 is 1.89 bits per heavy atom. The lowest BCUT2D eigenvalue weighted by Crippen LogP contribution is -2.13. The van der Waals surface area contributed by atoms with E-state index in [0.29, 0.717) is 34.5 Å². The number of amides is 1. The zero-order valence-corrected chi connectivity index (χ0v) is 21.1. The average Bonchev–Trinajstić information content (AvgIpc) is 3.39. The van der Waals surface area contributed by atoms with Crippen LogP contribution in [0.5, 0.6) is 11.5 Å². The molecular formula is C29H25N5O4. The third-order valence-electron chi connectivity index (χ3n) is 6.15. The van der Waals surface area contributed by atoms with Gasteiger partial charge in [0.1, 0.15) is 11.5 Å². The van der Waals surface area contributed by atoms with E-state index < -0.39 is 10.8 Å². The molecule has 0 atom stereocenters. The van der Waals surface area contributed by atoms with Crippen LogP contribution in [0.25, 0.3) is 22.2 Å².